The van der Waals surface area contributed by atoms with Gasteiger partial charge in [0.05, 0.1) is 6.61 Å². The molecule has 2 rings (SSSR count). The van der Waals surface area contributed by atoms with Crippen LogP contribution in [-0.4, -0.2) is 27.8 Å². The molecular formula is C13H13NO4. The molecule has 0 amide bonds. The molecule has 0 aliphatic rings. The van der Waals surface area contributed by atoms with Gasteiger partial charge in [-0.25, -0.2) is 9.78 Å². The number of pyridine rings is 1. The Morgan fingerprint density at radius 2 is 2.06 bits per heavy atom. The van der Waals surface area contributed by atoms with Crippen molar-refractivity contribution in [2.45, 2.75) is 13.8 Å². The van der Waals surface area contributed by atoms with Gasteiger partial charge in [0.1, 0.15) is 5.75 Å². The Morgan fingerprint density at radius 1 is 1.33 bits per heavy atom. The van der Waals surface area contributed by atoms with Crippen molar-refractivity contribution in [3.8, 4) is 11.5 Å². The molecule has 2 N–H and O–H groups in total. The van der Waals surface area contributed by atoms with Crippen LogP contribution < -0.4 is 0 Å². The predicted octanol–water partition coefficient (Wildman–Crippen LogP) is 2.13. The number of aromatic nitrogens is 1. The molecule has 18 heavy (non-hydrogen) atoms. The molecule has 0 fully saturated rings. The van der Waals surface area contributed by atoms with Gasteiger partial charge in [0.15, 0.2) is 11.4 Å². The fourth-order valence-corrected chi connectivity index (χ4v) is 1.79. The van der Waals surface area contributed by atoms with Crippen LogP contribution in [0.3, 0.4) is 0 Å². The second kappa shape index (κ2) is 4.52. The Balaban J connectivity index is 2.69. The Kier molecular flexibility index (Phi) is 3.06. The van der Waals surface area contributed by atoms with Gasteiger partial charge in [0, 0.05) is 16.5 Å². The number of aryl methyl sites for hydroxylation is 1. The lowest BCUT2D eigenvalue weighted by molar-refractivity contribution is 0.0516. The minimum Gasteiger partial charge on any atom is -0.508 e. The van der Waals surface area contributed by atoms with Crippen LogP contribution >= 0.6 is 0 Å². The molecule has 0 unspecified atom stereocenters. The van der Waals surface area contributed by atoms with E-state index in [9.17, 15) is 15.0 Å². The summed E-state index contributed by atoms with van der Waals surface area (Å²) in [6, 6.07) is 4.47. The van der Waals surface area contributed by atoms with Gasteiger partial charge >= 0.3 is 5.97 Å². The first kappa shape index (κ1) is 12.2. The summed E-state index contributed by atoms with van der Waals surface area (Å²) >= 11 is 0. The minimum atomic E-state index is -0.659. The van der Waals surface area contributed by atoms with E-state index >= 15 is 0 Å². The van der Waals surface area contributed by atoms with Crippen molar-refractivity contribution < 1.29 is 19.7 Å². The Bertz CT molecular complexity index is 622. The number of fused-ring (bicyclic) bond motifs is 1. The van der Waals surface area contributed by atoms with E-state index in [4.69, 9.17) is 4.74 Å². The van der Waals surface area contributed by atoms with E-state index in [1.807, 2.05) is 0 Å². The summed E-state index contributed by atoms with van der Waals surface area (Å²) in [5.74, 6) is -0.808. The highest BCUT2D eigenvalue weighted by Gasteiger charge is 2.18. The number of phenols is 1. The number of aromatic hydroxyl groups is 2. The zero-order valence-electron chi connectivity index (χ0n) is 10.1. The maximum absolute atomic E-state index is 11.6. The Labute approximate surface area is 104 Å². The molecule has 0 spiro atoms. The number of rotatable bonds is 2. The molecule has 5 heteroatoms. The number of ether oxygens (including phenoxy) is 1. The lowest BCUT2D eigenvalue weighted by Crippen LogP contribution is -2.08. The molecule has 0 bridgehead atoms. The predicted molar refractivity (Wildman–Crippen MR) is 65.8 cm³/mol. The molecule has 0 saturated heterocycles. The summed E-state index contributed by atoms with van der Waals surface area (Å²) in [6.45, 7) is 3.59. The largest absolute Gasteiger partial charge is 0.508 e. The fraction of sp³-hybridized carbons (Fsp3) is 0.231. The number of phenolic OH excluding ortho intramolecular Hbond substituents is 1. The Morgan fingerprint density at radius 3 is 2.72 bits per heavy atom. The van der Waals surface area contributed by atoms with E-state index in [0.29, 0.717) is 16.5 Å². The van der Waals surface area contributed by atoms with Gasteiger partial charge in [0.25, 0.3) is 0 Å². The quantitative estimate of drug-likeness (QED) is 0.795. The molecule has 0 radical (unpaired) electrons. The van der Waals surface area contributed by atoms with Crippen LogP contribution in [0.2, 0.25) is 0 Å². The number of carbonyl (C=O) groups excluding carboxylic acids is 1. The highest BCUT2D eigenvalue weighted by atomic mass is 16.5. The first-order valence-corrected chi connectivity index (χ1v) is 5.54. The first-order chi connectivity index (χ1) is 8.54. The van der Waals surface area contributed by atoms with Crippen LogP contribution in [0.4, 0.5) is 0 Å². The molecular weight excluding hydrogens is 234 g/mol. The van der Waals surface area contributed by atoms with E-state index in [0.717, 1.165) is 0 Å². The van der Waals surface area contributed by atoms with Crippen molar-refractivity contribution in [1.29, 1.82) is 0 Å². The minimum absolute atomic E-state index is 0.0793. The van der Waals surface area contributed by atoms with Crippen LogP contribution in [0.5, 0.6) is 11.5 Å². The Hall–Kier alpha value is -2.30. The average Bonchev–Trinajstić information content (AvgIpc) is 2.34. The molecule has 1 aromatic heterocycles. The van der Waals surface area contributed by atoms with Crippen molar-refractivity contribution in [2.24, 2.45) is 0 Å². The molecule has 0 atom stereocenters. The van der Waals surface area contributed by atoms with Gasteiger partial charge in [-0.15, -0.1) is 0 Å². The topological polar surface area (TPSA) is 79.7 Å². The zero-order valence-corrected chi connectivity index (χ0v) is 10.1. The first-order valence-electron chi connectivity index (χ1n) is 5.54. The second-order valence-corrected chi connectivity index (χ2v) is 3.84. The van der Waals surface area contributed by atoms with E-state index in [-0.39, 0.29) is 23.8 Å². The summed E-state index contributed by atoms with van der Waals surface area (Å²) < 4.78 is 4.83. The summed E-state index contributed by atoms with van der Waals surface area (Å²) in [6.07, 6.45) is 0. The number of hydrogen-bond donors (Lipinski definition) is 2. The number of hydrogen-bond acceptors (Lipinski definition) is 5. The molecule has 2 aromatic rings. The third kappa shape index (κ3) is 1.95. The van der Waals surface area contributed by atoms with E-state index in [2.05, 4.69) is 4.98 Å². The number of carbonyl (C=O) groups is 1. The number of esters is 1. The van der Waals surface area contributed by atoms with E-state index in [1.54, 1.807) is 13.8 Å². The summed E-state index contributed by atoms with van der Waals surface area (Å²) in [7, 11) is 0. The van der Waals surface area contributed by atoms with Crippen molar-refractivity contribution in [3.63, 3.8) is 0 Å². The van der Waals surface area contributed by atoms with Crippen molar-refractivity contribution in [3.05, 3.63) is 29.6 Å². The van der Waals surface area contributed by atoms with Crippen LogP contribution in [0.25, 0.3) is 10.8 Å². The van der Waals surface area contributed by atoms with Gasteiger partial charge in [-0.2, -0.15) is 0 Å². The third-order valence-corrected chi connectivity index (χ3v) is 2.62. The maximum atomic E-state index is 11.6. The second-order valence-electron chi connectivity index (χ2n) is 3.84. The van der Waals surface area contributed by atoms with Crippen molar-refractivity contribution in [1.82, 2.24) is 4.98 Å². The zero-order chi connectivity index (χ0) is 13.3. The third-order valence-electron chi connectivity index (χ3n) is 2.62. The highest BCUT2D eigenvalue weighted by molar-refractivity contribution is 6.00. The van der Waals surface area contributed by atoms with Gasteiger partial charge < -0.3 is 14.9 Å². The fourth-order valence-electron chi connectivity index (χ4n) is 1.79. The number of benzene rings is 1. The lowest BCUT2D eigenvalue weighted by atomic mass is 10.1. The SMILES string of the molecule is CCOC(=O)c1nc(C)c2cc(O)ccc2c1O. The van der Waals surface area contributed by atoms with Gasteiger partial charge in [-0.3, -0.25) is 0 Å². The average molecular weight is 247 g/mol. The normalized spacial score (nSPS) is 10.6. The molecule has 0 saturated carbocycles. The summed E-state index contributed by atoms with van der Waals surface area (Å²) in [4.78, 5) is 15.7. The van der Waals surface area contributed by atoms with Gasteiger partial charge in [0.2, 0.25) is 0 Å². The van der Waals surface area contributed by atoms with Crippen molar-refractivity contribution >= 4 is 16.7 Å². The van der Waals surface area contributed by atoms with Crippen molar-refractivity contribution in [2.75, 3.05) is 6.61 Å². The molecule has 0 aliphatic heterocycles. The summed E-state index contributed by atoms with van der Waals surface area (Å²) in [5, 5.41) is 20.5. The molecule has 5 nitrogen and oxygen atoms in total. The maximum Gasteiger partial charge on any atom is 0.360 e. The van der Waals surface area contributed by atoms with Crippen LogP contribution in [0.15, 0.2) is 18.2 Å². The van der Waals surface area contributed by atoms with E-state index in [1.165, 1.54) is 18.2 Å². The highest BCUT2D eigenvalue weighted by Crippen LogP contribution is 2.31. The smallest absolute Gasteiger partial charge is 0.360 e. The summed E-state index contributed by atoms with van der Waals surface area (Å²) in [5.41, 5.74) is 0.439. The van der Waals surface area contributed by atoms with Crippen LogP contribution in [0.1, 0.15) is 23.1 Å². The molecule has 94 valence electrons. The van der Waals surface area contributed by atoms with E-state index < -0.39 is 5.97 Å². The lowest BCUT2D eigenvalue weighted by Gasteiger charge is -2.09. The van der Waals surface area contributed by atoms with Crippen LogP contribution in [0, 0.1) is 6.92 Å². The van der Waals surface area contributed by atoms with Crippen LogP contribution in [-0.2, 0) is 4.74 Å². The standard InChI is InChI=1S/C13H13NO4/c1-3-18-13(17)11-12(16)9-5-4-8(15)6-10(9)7(2)14-11/h4-6,15-16H,3H2,1-2H3. The molecule has 1 aromatic carbocycles. The molecule has 0 aliphatic carbocycles. The van der Waals surface area contributed by atoms with Gasteiger partial charge in [-0.05, 0) is 32.0 Å². The number of nitrogens with zero attached hydrogens (tertiary/aromatic N) is 1. The molecule has 1 heterocycles. The van der Waals surface area contributed by atoms with Gasteiger partial charge in [-0.1, -0.05) is 0 Å². The monoisotopic (exact) mass is 247 g/mol.